The Balaban J connectivity index is 1.81. The summed E-state index contributed by atoms with van der Waals surface area (Å²) < 4.78 is 12.4. The third kappa shape index (κ3) is 2.98. The summed E-state index contributed by atoms with van der Waals surface area (Å²) >= 11 is 0. The van der Waals surface area contributed by atoms with E-state index < -0.39 is 24.4 Å². The number of carbonyl (C=O) groups excluding carboxylic acids is 2. The molecule has 0 atom stereocenters. The summed E-state index contributed by atoms with van der Waals surface area (Å²) in [4.78, 5) is 29.6. The summed E-state index contributed by atoms with van der Waals surface area (Å²) in [6.07, 6.45) is 3.76. The first-order valence-corrected chi connectivity index (χ1v) is 9.03. The summed E-state index contributed by atoms with van der Waals surface area (Å²) in [7, 11) is -0.573. The van der Waals surface area contributed by atoms with E-state index in [1.54, 1.807) is 17.3 Å². The molecule has 0 bridgehead atoms. The second kappa shape index (κ2) is 6.04. The Morgan fingerprint density at radius 3 is 2.52 bits per heavy atom. The molecule has 2 aromatic rings. The predicted molar refractivity (Wildman–Crippen MR) is 103 cm³/mol. The van der Waals surface area contributed by atoms with Crippen LogP contribution in [0.5, 0.6) is 0 Å². The van der Waals surface area contributed by atoms with Crippen LogP contribution >= 0.6 is 0 Å². The molecule has 1 N–H and O–H groups in total. The maximum atomic E-state index is 12.3. The highest BCUT2D eigenvalue weighted by Crippen LogP contribution is 2.37. The van der Waals surface area contributed by atoms with Gasteiger partial charge in [-0.2, -0.15) is 0 Å². The lowest BCUT2D eigenvalue weighted by Crippen LogP contribution is -2.50. The number of imide groups is 1. The van der Waals surface area contributed by atoms with Crippen molar-refractivity contribution in [1.82, 2.24) is 10.3 Å². The number of carbonyl (C=O) groups is 2. The molecule has 2 aliphatic rings. The zero-order chi connectivity index (χ0) is 19.4. The molecule has 8 heteroatoms. The predicted octanol–water partition coefficient (Wildman–Crippen LogP) is 1.98. The first kappa shape index (κ1) is 17.9. The lowest BCUT2D eigenvalue weighted by molar-refractivity contribution is -0.120. The van der Waals surface area contributed by atoms with Gasteiger partial charge in [-0.05, 0) is 62.1 Å². The fourth-order valence-corrected chi connectivity index (χ4v) is 3.34. The van der Waals surface area contributed by atoms with Crippen LogP contribution in [0.2, 0.25) is 0 Å². The van der Waals surface area contributed by atoms with Crippen molar-refractivity contribution in [3.8, 4) is 0 Å². The number of aromatic nitrogens is 1. The van der Waals surface area contributed by atoms with Crippen molar-refractivity contribution in [2.24, 2.45) is 0 Å². The van der Waals surface area contributed by atoms with Crippen LogP contribution < -0.4 is 15.7 Å². The molecule has 2 aliphatic heterocycles. The van der Waals surface area contributed by atoms with E-state index in [2.05, 4.69) is 10.3 Å². The Bertz CT molecular complexity index is 928. The van der Waals surface area contributed by atoms with E-state index in [1.807, 2.05) is 45.9 Å². The highest BCUT2D eigenvalue weighted by Gasteiger charge is 2.52. The van der Waals surface area contributed by atoms with E-state index in [1.165, 1.54) is 0 Å². The van der Waals surface area contributed by atoms with Crippen LogP contribution in [0, 0.1) is 0 Å². The van der Waals surface area contributed by atoms with E-state index in [4.69, 9.17) is 9.31 Å². The van der Waals surface area contributed by atoms with Gasteiger partial charge < -0.3 is 9.31 Å². The third-order valence-electron chi connectivity index (χ3n) is 5.65. The standard InChI is InChI=1S/C19H22BN3O4/c1-18(2)19(3,4)27-20(26-18)15-10-13(9-12-5-7-21-11-14(12)15)23-8-6-16(24)22-17(23)25/h5,7,9-11H,6,8H2,1-4H3,(H,22,24,25). The second-order valence-electron chi connectivity index (χ2n) is 7.98. The molecule has 0 aliphatic carbocycles. The Kier molecular flexibility index (Phi) is 4.01. The molecule has 1 aromatic heterocycles. The molecular weight excluding hydrogens is 345 g/mol. The van der Waals surface area contributed by atoms with Crippen LogP contribution in [0.25, 0.3) is 10.8 Å². The average Bonchev–Trinajstić information content (AvgIpc) is 2.81. The van der Waals surface area contributed by atoms with Gasteiger partial charge >= 0.3 is 13.1 Å². The van der Waals surface area contributed by atoms with Crippen LogP contribution in [0.15, 0.2) is 30.6 Å². The smallest absolute Gasteiger partial charge is 0.399 e. The number of pyridine rings is 1. The Labute approximate surface area is 158 Å². The van der Waals surface area contributed by atoms with Crippen LogP contribution in [0.4, 0.5) is 10.5 Å². The van der Waals surface area contributed by atoms with Crippen molar-refractivity contribution in [1.29, 1.82) is 0 Å². The minimum absolute atomic E-state index is 0.257. The van der Waals surface area contributed by atoms with E-state index in [0.29, 0.717) is 12.2 Å². The number of nitrogens with zero attached hydrogens (tertiary/aromatic N) is 2. The fourth-order valence-electron chi connectivity index (χ4n) is 3.34. The molecule has 27 heavy (non-hydrogen) atoms. The van der Waals surface area contributed by atoms with Crippen molar-refractivity contribution in [2.75, 3.05) is 11.4 Å². The summed E-state index contributed by atoms with van der Waals surface area (Å²) in [5.74, 6) is -0.257. The van der Waals surface area contributed by atoms with Gasteiger partial charge in [-0.15, -0.1) is 0 Å². The first-order chi connectivity index (χ1) is 12.7. The fraction of sp³-hybridized carbons (Fsp3) is 0.421. The number of hydrogen-bond acceptors (Lipinski definition) is 5. The highest BCUT2D eigenvalue weighted by molar-refractivity contribution is 6.65. The van der Waals surface area contributed by atoms with Gasteiger partial charge in [0.25, 0.3) is 0 Å². The van der Waals surface area contributed by atoms with Gasteiger partial charge in [-0.1, -0.05) is 0 Å². The highest BCUT2D eigenvalue weighted by atomic mass is 16.7. The zero-order valence-corrected chi connectivity index (χ0v) is 15.9. The van der Waals surface area contributed by atoms with Crippen molar-refractivity contribution in [2.45, 2.75) is 45.3 Å². The van der Waals surface area contributed by atoms with Gasteiger partial charge in [0, 0.05) is 31.0 Å². The molecule has 0 spiro atoms. The van der Waals surface area contributed by atoms with E-state index in [-0.39, 0.29) is 12.3 Å². The van der Waals surface area contributed by atoms with Crippen molar-refractivity contribution in [3.05, 3.63) is 30.6 Å². The monoisotopic (exact) mass is 367 g/mol. The third-order valence-corrected chi connectivity index (χ3v) is 5.65. The van der Waals surface area contributed by atoms with E-state index in [9.17, 15) is 9.59 Å². The van der Waals surface area contributed by atoms with E-state index in [0.717, 1.165) is 16.2 Å². The topological polar surface area (TPSA) is 80.8 Å². The van der Waals surface area contributed by atoms with Gasteiger partial charge in [-0.3, -0.25) is 20.0 Å². The maximum absolute atomic E-state index is 12.3. The number of benzene rings is 1. The Morgan fingerprint density at radius 2 is 1.85 bits per heavy atom. The first-order valence-electron chi connectivity index (χ1n) is 9.03. The SMILES string of the molecule is CC1(C)OB(c2cc(N3CCC(=O)NC3=O)cc3ccncc23)OC1(C)C. The number of fused-ring (bicyclic) bond motifs is 1. The number of nitrogens with one attached hydrogen (secondary N) is 1. The number of rotatable bonds is 2. The summed E-state index contributed by atoms with van der Waals surface area (Å²) in [5.41, 5.74) is 0.566. The Morgan fingerprint density at radius 1 is 1.15 bits per heavy atom. The molecule has 2 saturated heterocycles. The van der Waals surface area contributed by atoms with Crippen LogP contribution in [0.3, 0.4) is 0 Å². The lowest BCUT2D eigenvalue weighted by atomic mass is 9.76. The molecule has 1 aromatic carbocycles. The quantitative estimate of drug-likeness (QED) is 0.821. The van der Waals surface area contributed by atoms with Crippen molar-refractivity contribution < 1.29 is 18.9 Å². The molecule has 4 rings (SSSR count). The van der Waals surface area contributed by atoms with Crippen LogP contribution in [-0.2, 0) is 14.1 Å². The van der Waals surface area contributed by atoms with Gasteiger partial charge in [-0.25, -0.2) is 4.79 Å². The largest absolute Gasteiger partial charge is 0.495 e. The molecule has 0 radical (unpaired) electrons. The summed E-state index contributed by atoms with van der Waals surface area (Å²) in [6, 6.07) is 5.28. The molecule has 0 unspecified atom stereocenters. The molecule has 3 amide bonds. The number of anilines is 1. The van der Waals surface area contributed by atoms with Gasteiger partial charge in [0.05, 0.1) is 11.2 Å². The Hall–Kier alpha value is -2.45. The molecule has 0 saturated carbocycles. The second-order valence-corrected chi connectivity index (χ2v) is 7.98. The minimum Gasteiger partial charge on any atom is -0.399 e. The minimum atomic E-state index is -0.573. The van der Waals surface area contributed by atoms with Crippen LogP contribution in [-0.4, -0.2) is 41.8 Å². The van der Waals surface area contributed by atoms with Crippen molar-refractivity contribution in [3.63, 3.8) is 0 Å². The van der Waals surface area contributed by atoms with Gasteiger partial charge in [0.15, 0.2) is 0 Å². The normalized spacial score (nSPS) is 21.6. The van der Waals surface area contributed by atoms with Gasteiger partial charge in [0.1, 0.15) is 0 Å². The molecule has 7 nitrogen and oxygen atoms in total. The zero-order valence-electron chi connectivity index (χ0n) is 15.9. The summed E-state index contributed by atoms with van der Waals surface area (Å²) in [5, 5.41) is 4.20. The maximum Gasteiger partial charge on any atom is 0.495 e. The average molecular weight is 367 g/mol. The molecule has 3 heterocycles. The number of amides is 3. The number of urea groups is 1. The van der Waals surface area contributed by atoms with E-state index >= 15 is 0 Å². The number of hydrogen-bond donors (Lipinski definition) is 1. The van der Waals surface area contributed by atoms with Gasteiger partial charge in [0.2, 0.25) is 5.91 Å². The van der Waals surface area contributed by atoms with Crippen LogP contribution in [0.1, 0.15) is 34.1 Å². The molecule has 140 valence electrons. The lowest BCUT2D eigenvalue weighted by Gasteiger charge is -2.32. The molecular formula is C19H22BN3O4. The van der Waals surface area contributed by atoms with Crippen molar-refractivity contribution >= 4 is 41.0 Å². The molecule has 2 fully saturated rings. The summed E-state index contributed by atoms with van der Waals surface area (Å²) in [6.45, 7) is 8.34.